The molecule has 3 heterocycles. The monoisotopic (exact) mass is 1940 g/mol. The zero-order valence-electron chi connectivity index (χ0n) is 79.8. The average Bonchev–Trinajstić information content (AvgIpc) is 1.59. The topological polar surface area (TPSA) is 353 Å². The molecule has 3 saturated heterocycles. The summed E-state index contributed by atoms with van der Waals surface area (Å²) in [7, 11) is 0. The highest BCUT2D eigenvalue weighted by Crippen LogP contribution is 2.68. The van der Waals surface area contributed by atoms with Gasteiger partial charge in [0.25, 0.3) is 0 Å². The Labute approximate surface area is 828 Å². The maximum atomic E-state index is 15.1. The number of hydrogen-bond donors (Lipinski definition) is 0. The Kier molecular flexibility index (Phi) is 32.3. The van der Waals surface area contributed by atoms with E-state index in [-0.39, 0.29) is 116 Å². The van der Waals surface area contributed by atoms with Gasteiger partial charge < -0.3 is 75.8 Å². The molecule has 742 valence electrons. The van der Waals surface area contributed by atoms with Crippen LogP contribution >= 0.6 is 0 Å². The maximum absolute atomic E-state index is 15.1. The van der Waals surface area contributed by atoms with Gasteiger partial charge in [-0.25, -0.2) is 47.9 Å². The summed E-state index contributed by atoms with van der Waals surface area (Å²) >= 11 is 0. The lowest BCUT2D eigenvalue weighted by molar-refractivity contribution is -0.333. The van der Waals surface area contributed by atoms with E-state index >= 15 is 14.4 Å². The molecular formula is C115H114O28. The summed E-state index contributed by atoms with van der Waals surface area (Å²) in [6.45, 7) is 8.43. The fourth-order valence-corrected chi connectivity index (χ4v) is 21.9. The molecular weight excluding hydrogens is 1830 g/mol. The van der Waals surface area contributed by atoms with Crippen LogP contribution in [0.5, 0.6) is 0 Å². The van der Waals surface area contributed by atoms with Crippen molar-refractivity contribution in [2.24, 2.45) is 52.3 Å². The van der Waals surface area contributed by atoms with E-state index in [4.69, 9.17) is 75.8 Å². The zero-order chi connectivity index (χ0) is 99.8. The quantitative estimate of drug-likeness (QED) is 0.0205. The molecule has 0 bridgehead atoms. The van der Waals surface area contributed by atoms with Gasteiger partial charge in [0.05, 0.1) is 81.1 Å². The molecule has 7 fully saturated rings. The molecule has 4 saturated carbocycles. The SMILES string of the molecule is CC1O[C@@H](OCC2O[C@@H](OC3CCC4(C)C(CCC5C4CCC4(C)C5CC(=O)C4[C@H](C)C(=O)CC[C@H](C)CO[C@@H]4OC(COC(=O)c5ccccc5)[C@H](OC(=O)c5ccccc5)C(OC(=O)c5ccccc5)C4OC(=O)c4ccccc4)C3)C(OC(=O)c3ccccc3)C(OC(=O)c3ccccc3)[C@H]2OC(=O)c2ccccc2)C(OC(=O)c2ccccc2)C(OC(=O)c2ccccc2)[C@H]1OC(=O)c1ccccc1. The van der Waals surface area contributed by atoms with Crippen LogP contribution in [-0.4, -0.2) is 189 Å². The molecule has 10 aromatic carbocycles. The Bertz CT molecular complexity index is 6070. The summed E-state index contributed by atoms with van der Waals surface area (Å²) < 4.78 is 105. The van der Waals surface area contributed by atoms with Gasteiger partial charge in [-0.3, -0.25) is 9.59 Å². The van der Waals surface area contributed by atoms with E-state index in [1.807, 2.05) is 13.8 Å². The summed E-state index contributed by atoms with van der Waals surface area (Å²) in [4.78, 5) is 175. The smallest absolute Gasteiger partial charge is 0.338 e. The predicted molar refractivity (Wildman–Crippen MR) is 514 cm³/mol. The first-order valence-electron chi connectivity index (χ1n) is 48.8. The first-order chi connectivity index (χ1) is 69.3. The van der Waals surface area contributed by atoms with E-state index in [2.05, 4.69) is 13.8 Å². The van der Waals surface area contributed by atoms with Gasteiger partial charge in [-0.05, 0) is 220 Å². The third kappa shape index (κ3) is 23.4. The Hall–Kier alpha value is -14.0. The number of esters is 10. The second kappa shape index (κ2) is 45.9. The Morgan fingerprint density at radius 2 is 0.650 bits per heavy atom. The fourth-order valence-electron chi connectivity index (χ4n) is 21.9. The van der Waals surface area contributed by atoms with E-state index in [1.165, 1.54) is 97.1 Å². The van der Waals surface area contributed by atoms with E-state index in [0.717, 1.165) is 19.3 Å². The highest BCUT2D eigenvalue weighted by atomic mass is 16.8. The molecule has 143 heavy (non-hydrogen) atoms. The molecule has 17 rings (SSSR count). The van der Waals surface area contributed by atoms with Gasteiger partial charge in [0.2, 0.25) is 0 Å². The lowest BCUT2D eigenvalue weighted by Crippen LogP contribution is -2.65. The van der Waals surface area contributed by atoms with Gasteiger partial charge in [-0.2, -0.15) is 0 Å². The molecule has 0 radical (unpaired) electrons. The number of hydrogen-bond acceptors (Lipinski definition) is 28. The lowest BCUT2D eigenvalue weighted by atomic mass is 9.44. The van der Waals surface area contributed by atoms with E-state index in [1.54, 1.807) is 213 Å². The highest BCUT2D eigenvalue weighted by molar-refractivity contribution is 5.96. The van der Waals surface area contributed by atoms with Crippen molar-refractivity contribution in [1.82, 2.24) is 0 Å². The third-order valence-electron chi connectivity index (χ3n) is 29.3. The van der Waals surface area contributed by atoms with Gasteiger partial charge in [0.15, 0.2) is 73.8 Å². The van der Waals surface area contributed by atoms with Crippen molar-refractivity contribution in [3.05, 3.63) is 359 Å². The largest absolute Gasteiger partial charge is 0.459 e. The second-order valence-corrected chi connectivity index (χ2v) is 38.3. The molecule has 7 aliphatic rings. The van der Waals surface area contributed by atoms with Crippen molar-refractivity contribution in [2.75, 3.05) is 19.8 Å². The minimum atomic E-state index is -1.78. The minimum absolute atomic E-state index is 0.0253. The first kappa shape index (κ1) is 101. The van der Waals surface area contributed by atoms with Gasteiger partial charge in [0.1, 0.15) is 30.4 Å². The van der Waals surface area contributed by atoms with Crippen molar-refractivity contribution >= 4 is 71.3 Å². The highest BCUT2D eigenvalue weighted by Gasteiger charge is 2.65. The fraction of sp³-hybridized carbons (Fsp3) is 0.374. The third-order valence-corrected chi connectivity index (χ3v) is 29.3. The predicted octanol–water partition coefficient (Wildman–Crippen LogP) is 17.9. The normalized spacial score (nSPS) is 28.3. The van der Waals surface area contributed by atoms with Crippen LogP contribution in [0.3, 0.4) is 0 Å². The molecule has 0 spiro atoms. The molecule has 0 amide bonds. The number of ketones is 2. The van der Waals surface area contributed by atoms with E-state index < -0.39 is 194 Å². The summed E-state index contributed by atoms with van der Waals surface area (Å²) in [6.07, 6.45) is -19.8. The molecule has 10 aromatic rings. The molecule has 0 aromatic heterocycles. The molecule has 28 heteroatoms. The molecule has 4 aliphatic carbocycles. The Morgan fingerprint density at radius 1 is 0.336 bits per heavy atom. The van der Waals surface area contributed by atoms with Gasteiger partial charge in [-0.15, -0.1) is 0 Å². The van der Waals surface area contributed by atoms with Crippen LogP contribution in [0, 0.1) is 52.3 Å². The van der Waals surface area contributed by atoms with Crippen molar-refractivity contribution in [3.63, 3.8) is 0 Å². The van der Waals surface area contributed by atoms with Crippen LogP contribution in [0.4, 0.5) is 0 Å². The van der Waals surface area contributed by atoms with Crippen molar-refractivity contribution in [2.45, 2.75) is 197 Å². The van der Waals surface area contributed by atoms with Crippen LogP contribution in [0.2, 0.25) is 0 Å². The van der Waals surface area contributed by atoms with Gasteiger partial charge >= 0.3 is 59.7 Å². The number of ether oxygens (including phenoxy) is 16. The first-order valence-corrected chi connectivity index (χ1v) is 48.8. The van der Waals surface area contributed by atoms with Crippen LogP contribution in [0.15, 0.2) is 303 Å². The molecule has 25 atom stereocenters. The van der Waals surface area contributed by atoms with E-state index in [9.17, 15) is 43.2 Å². The molecule has 3 aliphatic heterocycles. The zero-order valence-corrected chi connectivity index (χ0v) is 79.8. The number of carbonyl (C=O) groups excluding carboxylic acids is 12. The van der Waals surface area contributed by atoms with Crippen molar-refractivity contribution in [3.8, 4) is 0 Å². The van der Waals surface area contributed by atoms with Crippen LogP contribution in [-0.2, 0) is 85.4 Å². The van der Waals surface area contributed by atoms with Crippen LogP contribution < -0.4 is 0 Å². The van der Waals surface area contributed by atoms with Crippen LogP contribution in [0.1, 0.15) is 202 Å². The van der Waals surface area contributed by atoms with E-state index in [0.29, 0.717) is 32.1 Å². The van der Waals surface area contributed by atoms with Gasteiger partial charge in [-0.1, -0.05) is 210 Å². The number of rotatable bonds is 34. The standard InChI is InChI=1S/C115H114O28/c1-69(66-129-112-99(142-109(126)80-52-32-14-33-53-80)96(139-106(123)77-46-26-11-27-47-77)93(136-103(120)74-40-20-8-21-41-74)89(133-112)67-128-101(118)72-36-16-6-17-37-72)56-59-87(116)70(2)91-88(117)65-86-84-58-57-82-64-83(60-62-114(82,4)85(84)61-63-115(86,91)5)132-113-100(143-110(127)81-54-34-15-35-55-81)97(140-107(124)78-48-28-12-29-49-78)94(137-104(121)75-42-22-9-23-43-75)90(134-113)68-130-111-98(141-108(125)79-50-30-13-31-51-79)95(138-105(122)76-44-24-10-25-45-76)92(71(3)131-111)135-102(119)73-38-18-7-19-39-73/h6-55,69-71,82-86,89-100,111-113H,56-68H2,1-5H3/t69-,70+,71?,82?,83?,84?,85?,86?,89?,90?,91?,92-,93-,94-,95?,96?,97?,98?,99?,100?,111+,112+,113+,114?,115?/m0/s1. The summed E-state index contributed by atoms with van der Waals surface area (Å²) in [5, 5.41) is 0. The number of Topliss-reactive ketones (excluding diaryl/α,β-unsaturated/α-hetero) is 2. The number of benzene rings is 10. The maximum Gasteiger partial charge on any atom is 0.338 e. The number of carbonyl (C=O) groups is 12. The number of fused-ring (bicyclic) bond motifs is 5. The summed E-state index contributed by atoms with van der Waals surface area (Å²) in [5.41, 5.74) is 0.282. The van der Waals surface area contributed by atoms with Crippen molar-refractivity contribution < 1.29 is 133 Å². The summed E-state index contributed by atoms with van der Waals surface area (Å²) in [6, 6.07) is 80.5. The van der Waals surface area contributed by atoms with Crippen LogP contribution in [0.25, 0.3) is 0 Å². The summed E-state index contributed by atoms with van der Waals surface area (Å²) in [5.74, 6) is -10.2. The molecule has 17 unspecified atom stereocenters. The lowest BCUT2D eigenvalue weighted by Gasteiger charge is -2.61. The van der Waals surface area contributed by atoms with Gasteiger partial charge in [0, 0.05) is 24.7 Å². The Balaban J connectivity index is 0.614. The average molecular weight is 1940 g/mol. The molecule has 28 nitrogen and oxygen atoms in total. The Morgan fingerprint density at radius 3 is 1.03 bits per heavy atom. The van der Waals surface area contributed by atoms with Crippen molar-refractivity contribution in [1.29, 1.82) is 0 Å². The minimum Gasteiger partial charge on any atom is -0.459 e. The molecule has 0 N–H and O–H groups in total. The second-order valence-electron chi connectivity index (χ2n) is 38.3.